The maximum Gasteiger partial charge on any atom is 0.0994 e. The summed E-state index contributed by atoms with van der Waals surface area (Å²) < 4.78 is 0. The minimum absolute atomic E-state index is 0.270. The number of nitriles is 1. The molecule has 0 spiro atoms. The number of hydrogen-bond acceptors (Lipinski definition) is 3. The highest BCUT2D eigenvalue weighted by atomic mass is 14.6. The van der Waals surface area contributed by atoms with Crippen LogP contribution < -0.4 is 5.73 Å². The average Bonchev–Trinajstić information content (AvgIpc) is 2.17. The van der Waals surface area contributed by atoms with Crippen molar-refractivity contribution in [1.82, 2.24) is 0 Å². The van der Waals surface area contributed by atoms with Crippen LogP contribution in [0.25, 0.3) is 0 Å². The van der Waals surface area contributed by atoms with Crippen LogP contribution in [0.15, 0.2) is 12.1 Å². The monoisotopic (exact) mass is 187 g/mol. The van der Waals surface area contributed by atoms with Gasteiger partial charge in [-0.25, -0.2) is 0 Å². The van der Waals surface area contributed by atoms with E-state index < -0.39 is 0 Å². The lowest BCUT2D eigenvalue weighted by molar-refractivity contribution is 0.863. The highest BCUT2D eigenvalue weighted by Gasteiger charge is 2.09. The zero-order chi connectivity index (χ0) is 10.7. The molecule has 1 aromatic carbocycles. The highest BCUT2D eigenvalue weighted by molar-refractivity contribution is 5.86. The SMILES string of the molecule is CC(C)c1cc(N)c(C=N)cc1C#N. The number of anilines is 1. The maximum atomic E-state index is 8.91. The van der Waals surface area contributed by atoms with Crippen LogP contribution in [0, 0.1) is 16.7 Å². The van der Waals surface area contributed by atoms with E-state index in [0.29, 0.717) is 16.8 Å². The van der Waals surface area contributed by atoms with Gasteiger partial charge in [0.05, 0.1) is 11.6 Å². The Hall–Kier alpha value is -1.82. The molecular formula is C11H13N3. The van der Waals surface area contributed by atoms with Gasteiger partial charge in [0.1, 0.15) is 0 Å². The van der Waals surface area contributed by atoms with E-state index in [9.17, 15) is 0 Å². The first-order valence-electron chi connectivity index (χ1n) is 4.44. The van der Waals surface area contributed by atoms with E-state index in [4.69, 9.17) is 16.4 Å². The summed E-state index contributed by atoms with van der Waals surface area (Å²) in [6.07, 6.45) is 1.17. The first-order chi connectivity index (χ1) is 6.60. The summed E-state index contributed by atoms with van der Waals surface area (Å²) in [4.78, 5) is 0. The first-order valence-corrected chi connectivity index (χ1v) is 4.44. The van der Waals surface area contributed by atoms with Crippen molar-refractivity contribution in [3.63, 3.8) is 0 Å². The normalized spacial score (nSPS) is 9.86. The van der Waals surface area contributed by atoms with Crippen LogP contribution in [0.4, 0.5) is 5.69 Å². The van der Waals surface area contributed by atoms with Crippen LogP contribution in [0.1, 0.15) is 36.5 Å². The lowest BCUT2D eigenvalue weighted by Gasteiger charge is -2.10. The van der Waals surface area contributed by atoms with Gasteiger partial charge in [-0.2, -0.15) is 5.26 Å². The van der Waals surface area contributed by atoms with E-state index in [1.165, 1.54) is 6.21 Å². The van der Waals surface area contributed by atoms with Gasteiger partial charge in [0, 0.05) is 17.5 Å². The Morgan fingerprint density at radius 2 is 2.14 bits per heavy atom. The Bertz CT molecular complexity index is 400. The van der Waals surface area contributed by atoms with Crippen LogP contribution in [0.3, 0.4) is 0 Å². The van der Waals surface area contributed by atoms with Crippen LogP contribution >= 0.6 is 0 Å². The molecule has 0 saturated heterocycles. The quantitative estimate of drug-likeness (QED) is 0.550. The Balaban J connectivity index is 3.40. The van der Waals surface area contributed by atoms with Gasteiger partial charge in [-0.15, -0.1) is 0 Å². The summed E-state index contributed by atoms with van der Waals surface area (Å²) in [7, 11) is 0. The number of hydrogen-bond donors (Lipinski definition) is 2. The maximum absolute atomic E-state index is 8.91. The van der Waals surface area contributed by atoms with Crippen LogP contribution in [-0.2, 0) is 0 Å². The minimum Gasteiger partial charge on any atom is -0.398 e. The Labute approximate surface area is 83.7 Å². The molecule has 0 radical (unpaired) electrons. The predicted molar refractivity (Wildman–Crippen MR) is 57.5 cm³/mol. The van der Waals surface area contributed by atoms with E-state index >= 15 is 0 Å². The minimum atomic E-state index is 0.270. The molecule has 14 heavy (non-hydrogen) atoms. The molecule has 0 amide bonds. The second-order valence-electron chi connectivity index (χ2n) is 3.48. The van der Waals surface area contributed by atoms with Crippen molar-refractivity contribution < 1.29 is 0 Å². The van der Waals surface area contributed by atoms with Crippen molar-refractivity contribution in [2.24, 2.45) is 0 Å². The van der Waals surface area contributed by atoms with Gasteiger partial charge in [0.15, 0.2) is 0 Å². The zero-order valence-electron chi connectivity index (χ0n) is 8.33. The standard InChI is InChI=1S/C11H13N3/c1-7(2)10-4-11(14)9(6-13)3-8(10)5-12/h3-4,6-7,13H,14H2,1-2H3. The van der Waals surface area contributed by atoms with Gasteiger partial charge >= 0.3 is 0 Å². The highest BCUT2D eigenvalue weighted by Crippen LogP contribution is 2.23. The molecule has 0 bridgehead atoms. The van der Waals surface area contributed by atoms with Crippen molar-refractivity contribution in [1.29, 1.82) is 10.7 Å². The fraction of sp³-hybridized carbons (Fsp3) is 0.273. The molecule has 0 saturated carbocycles. The van der Waals surface area contributed by atoms with Crippen molar-refractivity contribution in [3.8, 4) is 6.07 Å². The van der Waals surface area contributed by atoms with Crippen molar-refractivity contribution in [3.05, 3.63) is 28.8 Å². The van der Waals surface area contributed by atoms with Crippen molar-refractivity contribution in [2.45, 2.75) is 19.8 Å². The predicted octanol–water partition coefficient (Wildman–Crippen LogP) is 2.26. The third-order valence-corrected chi connectivity index (χ3v) is 2.15. The number of nitrogens with two attached hydrogens (primary N) is 1. The van der Waals surface area contributed by atoms with Crippen LogP contribution in [0.2, 0.25) is 0 Å². The van der Waals surface area contributed by atoms with Gasteiger partial charge in [0.25, 0.3) is 0 Å². The van der Waals surface area contributed by atoms with E-state index in [0.717, 1.165) is 5.56 Å². The van der Waals surface area contributed by atoms with Gasteiger partial charge in [-0.3, -0.25) is 0 Å². The number of rotatable bonds is 2. The number of nitrogens with zero attached hydrogens (tertiary/aromatic N) is 1. The lowest BCUT2D eigenvalue weighted by Crippen LogP contribution is -2.00. The molecule has 3 N–H and O–H groups in total. The number of nitrogen functional groups attached to an aromatic ring is 1. The molecule has 72 valence electrons. The van der Waals surface area contributed by atoms with Gasteiger partial charge in [-0.05, 0) is 23.6 Å². The molecule has 0 aliphatic carbocycles. The van der Waals surface area contributed by atoms with Gasteiger partial charge in [0.2, 0.25) is 0 Å². The van der Waals surface area contributed by atoms with Gasteiger partial charge < -0.3 is 11.1 Å². The van der Waals surface area contributed by atoms with E-state index in [1.807, 2.05) is 13.8 Å². The average molecular weight is 187 g/mol. The van der Waals surface area contributed by atoms with E-state index in [-0.39, 0.29) is 5.92 Å². The molecule has 0 aromatic heterocycles. The van der Waals surface area contributed by atoms with Gasteiger partial charge in [-0.1, -0.05) is 13.8 Å². The molecular weight excluding hydrogens is 174 g/mol. The third kappa shape index (κ3) is 1.74. The molecule has 3 heteroatoms. The van der Waals surface area contributed by atoms with E-state index in [1.54, 1.807) is 12.1 Å². The molecule has 3 nitrogen and oxygen atoms in total. The van der Waals surface area contributed by atoms with Crippen LogP contribution in [-0.4, -0.2) is 6.21 Å². The molecule has 0 atom stereocenters. The molecule has 0 aliphatic heterocycles. The largest absolute Gasteiger partial charge is 0.398 e. The Morgan fingerprint density at radius 3 is 2.57 bits per heavy atom. The summed E-state index contributed by atoms with van der Waals surface area (Å²) in [5, 5.41) is 16.0. The summed E-state index contributed by atoms with van der Waals surface area (Å²) in [6.45, 7) is 4.03. The first kappa shape index (κ1) is 10.3. The molecule has 0 heterocycles. The topological polar surface area (TPSA) is 73.7 Å². The van der Waals surface area contributed by atoms with Crippen LogP contribution in [0.5, 0.6) is 0 Å². The zero-order valence-corrected chi connectivity index (χ0v) is 8.33. The number of nitrogens with one attached hydrogen (secondary N) is 1. The second-order valence-corrected chi connectivity index (χ2v) is 3.48. The second kappa shape index (κ2) is 3.93. The molecule has 0 fully saturated rings. The molecule has 1 aromatic rings. The Morgan fingerprint density at radius 1 is 1.50 bits per heavy atom. The number of benzene rings is 1. The van der Waals surface area contributed by atoms with E-state index in [2.05, 4.69) is 6.07 Å². The summed E-state index contributed by atoms with van der Waals surface area (Å²) in [5.74, 6) is 0.270. The smallest absolute Gasteiger partial charge is 0.0994 e. The molecule has 1 rings (SSSR count). The van der Waals surface area contributed by atoms with Crippen molar-refractivity contribution in [2.75, 3.05) is 5.73 Å². The fourth-order valence-electron chi connectivity index (χ4n) is 1.35. The molecule has 0 unspecified atom stereocenters. The lowest BCUT2D eigenvalue weighted by atomic mass is 9.95. The summed E-state index contributed by atoms with van der Waals surface area (Å²) >= 11 is 0. The summed E-state index contributed by atoms with van der Waals surface area (Å²) in [5.41, 5.74) is 8.44. The third-order valence-electron chi connectivity index (χ3n) is 2.15. The Kier molecular flexibility index (Phi) is 2.88. The summed E-state index contributed by atoms with van der Waals surface area (Å²) in [6, 6.07) is 5.57. The van der Waals surface area contributed by atoms with Crippen molar-refractivity contribution >= 4 is 11.9 Å². The fourth-order valence-corrected chi connectivity index (χ4v) is 1.35. The molecule has 0 aliphatic rings.